The number of thioether (sulfide) groups is 1. The largest absolute Gasteiger partial charge is 0.312 e. The fraction of sp³-hybridized carbons (Fsp3) is 0.538. The molecule has 1 aromatic rings. The third-order valence-corrected chi connectivity index (χ3v) is 3.86. The van der Waals surface area contributed by atoms with Crippen molar-refractivity contribution in [1.82, 2.24) is 10.2 Å². The molecule has 0 saturated carbocycles. The molecule has 1 heterocycles. The van der Waals surface area contributed by atoms with Crippen molar-refractivity contribution in [3.05, 3.63) is 30.3 Å². The highest BCUT2D eigenvalue weighted by molar-refractivity contribution is 7.99. The van der Waals surface area contributed by atoms with Gasteiger partial charge in [0, 0.05) is 42.9 Å². The van der Waals surface area contributed by atoms with Crippen LogP contribution in [0.1, 0.15) is 6.92 Å². The van der Waals surface area contributed by atoms with Gasteiger partial charge in [-0.25, -0.2) is 0 Å². The van der Waals surface area contributed by atoms with Gasteiger partial charge < -0.3 is 5.32 Å². The van der Waals surface area contributed by atoms with Crippen LogP contribution in [-0.2, 0) is 0 Å². The van der Waals surface area contributed by atoms with Crippen LogP contribution in [0.2, 0.25) is 0 Å². The molecule has 0 aromatic heterocycles. The summed E-state index contributed by atoms with van der Waals surface area (Å²) in [7, 11) is 0. The average Bonchev–Trinajstić information content (AvgIpc) is 2.30. The first-order valence-electron chi connectivity index (χ1n) is 5.98. The number of benzene rings is 1. The van der Waals surface area contributed by atoms with E-state index in [9.17, 15) is 0 Å². The van der Waals surface area contributed by atoms with Gasteiger partial charge in [0.25, 0.3) is 0 Å². The van der Waals surface area contributed by atoms with Crippen LogP contribution < -0.4 is 5.32 Å². The molecular weight excluding hydrogens is 252 g/mol. The lowest BCUT2D eigenvalue weighted by molar-refractivity contribution is 0.218. The summed E-state index contributed by atoms with van der Waals surface area (Å²) >= 11 is 1.95. The lowest BCUT2D eigenvalue weighted by Gasteiger charge is -2.31. The fourth-order valence-electron chi connectivity index (χ4n) is 2.02. The maximum atomic E-state index is 3.47. The molecule has 96 valence electrons. The number of halogens is 1. The van der Waals surface area contributed by atoms with E-state index >= 15 is 0 Å². The molecule has 2 nitrogen and oxygen atoms in total. The number of piperazine rings is 1. The summed E-state index contributed by atoms with van der Waals surface area (Å²) in [5.41, 5.74) is 0. The molecule has 0 spiro atoms. The van der Waals surface area contributed by atoms with Crippen LogP contribution in [0, 0.1) is 0 Å². The highest BCUT2D eigenvalue weighted by Gasteiger charge is 2.14. The van der Waals surface area contributed by atoms with Crippen LogP contribution >= 0.6 is 24.2 Å². The minimum atomic E-state index is 0. The van der Waals surface area contributed by atoms with Gasteiger partial charge in [-0.1, -0.05) is 18.2 Å². The first-order chi connectivity index (χ1) is 7.84. The van der Waals surface area contributed by atoms with Gasteiger partial charge in [-0.3, -0.25) is 4.90 Å². The standard InChI is InChI=1S/C13H20N2S.ClH/c1-12-11-15(8-7-14-12)9-10-16-13-5-3-2-4-6-13;/h2-6,12,14H,7-11H2,1H3;1H. The summed E-state index contributed by atoms with van der Waals surface area (Å²) < 4.78 is 0. The van der Waals surface area contributed by atoms with E-state index in [1.165, 1.54) is 30.3 Å². The van der Waals surface area contributed by atoms with Crippen molar-refractivity contribution in [2.45, 2.75) is 17.9 Å². The van der Waals surface area contributed by atoms with Gasteiger partial charge >= 0.3 is 0 Å². The van der Waals surface area contributed by atoms with Crippen molar-refractivity contribution < 1.29 is 0 Å². The minimum Gasteiger partial charge on any atom is -0.312 e. The second-order valence-electron chi connectivity index (χ2n) is 4.32. The van der Waals surface area contributed by atoms with E-state index < -0.39 is 0 Å². The summed E-state index contributed by atoms with van der Waals surface area (Å²) in [6.07, 6.45) is 0. The molecule has 0 bridgehead atoms. The molecule has 1 fully saturated rings. The van der Waals surface area contributed by atoms with Crippen LogP contribution in [0.3, 0.4) is 0 Å². The van der Waals surface area contributed by atoms with Gasteiger partial charge in [0.1, 0.15) is 0 Å². The molecule has 1 unspecified atom stereocenters. The molecular formula is C13H21ClN2S. The molecule has 1 N–H and O–H groups in total. The van der Waals surface area contributed by atoms with Gasteiger partial charge in [0.2, 0.25) is 0 Å². The normalized spacial score (nSPS) is 20.9. The Morgan fingerprint density at radius 2 is 2.12 bits per heavy atom. The zero-order valence-corrected chi connectivity index (χ0v) is 11.9. The Labute approximate surface area is 115 Å². The predicted octanol–water partition coefficient (Wildman–Crippen LogP) is 2.49. The fourth-order valence-corrected chi connectivity index (χ4v) is 2.96. The van der Waals surface area contributed by atoms with Crippen molar-refractivity contribution in [1.29, 1.82) is 0 Å². The lowest BCUT2D eigenvalue weighted by atomic mass is 10.2. The van der Waals surface area contributed by atoms with Gasteiger partial charge in [-0.05, 0) is 19.1 Å². The van der Waals surface area contributed by atoms with E-state index in [1.807, 2.05) is 11.8 Å². The van der Waals surface area contributed by atoms with E-state index in [-0.39, 0.29) is 12.4 Å². The predicted molar refractivity (Wildman–Crippen MR) is 78.3 cm³/mol. The molecule has 1 atom stereocenters. The molecule has 0 aliphatic carbocycles. The topological polar surface area (TPSA) is 15.3 Å². The molecule has 4 heteroatoms. The van der Waals surface area contributed by atoms with Crippen molar-refractivity contribution in [2.75, 3.05) is 31.9 Å². The van der Waals surface area contributed by atoms with Gasteiger partial charge in [-0.2, -0.15) is 0 Å². The Kier molecular flexibility index (Phi) is 6.97. The van der Waals surface area contributed by atoms with Gasteiger partial charge in [0.15, 0.2) is 0 Å². The molecule has 1 aliphatic rings. The number of rotatable bonds is 4. The molecule has 17 heavy (non-hydrogen) atoms. The Hall–Kier alpha value is -0.220. The van der Waals surface area contributed by atoms with E-state index in [0.717, 1.165) is 6.54 Å². The number of hydrogen-bond donors (Lipinski definition) is 1. The van der Waals surface area contributed by atoms with Crippen LogP contribution in [0.4, 0.5) is 0 Å². The molecule has 2 rings (SSSR count). The van der Waals surface area contributed by atoms with Gasteiger partial charge in [0.05, 0.1) is 0 Å². The van der Waals surface area contributed by atoms with Crippen molar-refractivity contribution in [3.8, 4) is 0 Å². The lowest BCUT2D eigenvalue weighted by Crippen LogP contribution is -2.49. The summed E-state index contributed by atoms with van der Waals surface area (Å²) in [6.45, 7) is 6.98. The number of nitrogens with zero attached hydrogens (tertiary/aromatic N) is 1. The smallest absolute Gasteiger partial charge is 0.0167 e. The van der Waals surface area contributed by atoms with Crippen LogP contribution in [0.5, 0.6) is 0 Å². The van der Waals surface area contributed by atoms with E-state index in [0.29, 0.717) is 6.04 Å². The Morgan fingerprint density at radius 1 is 1.35 bits per heavy atom. The zero-order chi connectivity index (χ0) is 11.2. The van der Waals surface area contributed by atoms with Crippen LogP contribution in [0.25, 0.3) is 0 Å². The first-order valence-corrected chi connectivity index (χ1v) is 6.97. The Balaban J connectivity index is 0.00000144. The van der Waals surface area contributed by atoms with E-state index in [4.69, 9.17) is 0 Å². The second-order valence-corrected chi connectivity index (χ2v) is 5.49. The summed E-state index contributed by atoms with van der Waals surface area (Å²) in [6, 6.07) is 11.3. The third-order valence-electron chi connectivity index (χ3n) is 2.87. The first kappa shape index (κ1) is 14.8. The zero-order valence-electron chi connectivity index (χ0n) is 10.3. The molecule has 1 saturated heterocycles. The second kappa shape index (κ2) is 7.98. The molecule has 0 radical (unpaired) electrons. The van der Waals surface area contributed by atoms with Gasteiger partial charge in [-0.15, -0.1) is 24.2 Å². The highest BCUT2D eigenvalue weighted by atomic mass is 35.5. The van der Waals surface area contributed by atoms with E-state index in [1.54, 1.807) is 0 Å². The van der Waals surface area contributed by atoms with Crippen molar-refractivity contribution in [3.63, 3.8) is 0 Å². The Bertz CT molecular complexity index is 308. The van der Waals surface area contributed by atoms with Crippen molar-refractivity contribution in [2.24, 2.45) is 0 Å². The average molecular weight is 273 g/mol. The molecule has 1 aliphatic heterocycles. The van der Waals surface area contributed by atoms with Crippen molar-refractivity contribution >= 4 is 24.2 Å². The maximum Gasteiger partial charge on any atom is 0.0167 e. The third kappa shape index (κ3) is 5.30. The quantitative estimate of drug-likeness (QED) is 0.848. The van der Waals surface area contributed by atoms with Crippen LogP contribution in [0.15, 0.2) is 35.2 Å². The highest BCUT2D eigenvalue weighted by Crippen LogP contribution is 2.16. The SMILES string of the molecule is CC1CN(CCSc2ccccc2)CCN1.Cl. The maximum absolute atomic E-state index is 3.47. The van der Waals surface area contributed by atoms with Crippen LogP contribution in [-0.4, -0.2) is 42.9 Å². The summed E-state index contributed by atoms with van der Waals surface area (Å²) in [5, 5.41) is 3.47. The van der Waals surface area contributed by atoms with E-state index in [2.05, 4.69) is 47.5 Å². The number of nitrogens with one attached hydrogen (secondary N) is 1. The molecule has 0 amide bonds. The monoisotopic (exact) mass is 272 g/mol. The Morgan fingerprint density at radius 3 is 2.82 bits per heavy atom. The minimum absolute atomic E-state index is 0. The number of hydrogen-bond acceptors (Lipinski definition) is 3. The summed E-state index contributed by atoms with van der Waals surface area (Å²) in [4.78, 5) is 3.93. The molecule has 1 aromatic carbocycles. The summed E-state index contributed by atoms with van der Waals surface area (Å²) in [5.74, 6) is 1.19.